The van der Waals surface area contributed by atoms with Gasteiger partial charge < -0.3 is 52.3 Å². The van der Waals surface area contributed by atoms with Gasteiger partial charge in [0, 0.05) is 23.2 Å². The van der Waals surface area contributed by atoms with E-state index in [1.807, 2.05) is 0 Å². The molecule has 0 bridgehead atoms. The smallest absolute Gasteiger partial charge is 0.184 e. The lowest BCUT2D eigenvalue weighted by atomic mass is 9.77. The van der Waals surface area contributed by atoms with Crippen molar-refractivity contribution in [3.63, 3.8) is 0 Å². The fourth-order valence-electron chi connectivity index (χ4n) is 11.0. The molecule has 5 aliphatic rings. The average molecular weight is 881 g/mol. The summed E-state index contributed by atoms with van der Waals surface area (Å²) in [5, 5.41) is 4.26. The van der Waals surface area contributed by atoms with Gasteiger partial charge in [0.15, 0.2) is 24.7 Å². The van der Waals surface area contributed by atoms with E-state index >= 15 is 0 Å². The molecule has 5 heterocycles. The SMILES string of the molecule is CCC1O[C@H](OC2C(C)[C@H](C)[C@H]([C@@H](C)CC)O[C@@H]2O[C@@H]2C(C)[C@@H](O[C@H]3C([C@H]4COCO4)O[C@](C)(OCCCCCN(C)C)C[C@H]3C)OC([C@@H](C)CC)[C@H]2C)[C@H](N=[N+]=[N-])C(C)[C@@H]1C. The zero-order valence-corrected chi connectivity index (χ0v) is 41.3. The van der Waals surface area contributed by atoms with Gasteiger partial charge in [0.05, 0.1) is 49.8 Å². The summed E-state index contributed by atoms with van der Waals surface area (Å²) in [5.41, 5.74) is 9.69. The lowest BCUT2D eigenvalue weighted by Crippen LogP contribution is -2.62. The van der Waals surface area contributed by atoms with Crippen LogP contribution in [0.3, 0.4) is 0 Å². The first-order valence-electron chi connectivity index (χ1n) is 24.6. The first-order valence-corrected chi connectivity index (χ1v) is 24.6. The Hall–Kier alpha value is -1.13. The highest BCUT2D eigenvalue weighted by atomic mass is 16.8. The van der Waals surface area contributed by atoms with Gasteiger partial charge in [0.2, 0.25) is 0 Å². The average Bonchev–Trinajstić information content (AvgIpc) is 3.79. The molecule has 14 nitrogen and oxygen atoms in total. The summed E-state index contributed by atoms with van der Waals surface area (Å²) in [6.45, 7) is 30.9. The molecule has 5 rings (SSSR count). The number of ether oxygens (including phenoxy) is 10. The van der Waals surface area contributed by atoms with E-state index in [2.05, 4.69) is 119 Å². The number of nitrogens with zero attached hydrogens (tertiary/aromatic N) is 4. The molecule has 5 saturated heterocycles. The predicted molar refractivity (Wildman–Crippen MR) is 239 cm³/mol. The molecule has 360 valence electrons. The van der Waals surface area contributed by atoms with Crippen molar-refractivity contribution in [3.8, 4) is 0 Å². The molecule has 0 radical (unpaired) electrons. The third-order valence-electron chi connectivity index (χ3n) is 15.7. The minimum absolute atomic E-state index is 0.0183. The van der Waals surface area contributed by atoms with Gasteiger partial charge in [-0.15, -0.1) is 0 Å². The second-order valence-corrected chi connectivity index (χ2v) is 20.6. The number of hydrogen-bond acceptors (Lipinski definition) is 12. The van der Waals surface area contributed by atoms with Gasteiger partial charge >= 0.3 is 0 Å². The van der Waals surface area contributed by atoms with Crippen LogP contribution in [0.25, 0.3) is 10.4 Å². The van der Waals surface area contributed by atoms with Crippen molar-refractivity contribution in [2.45, 2.75) is 214 Å². The van der Waals surface area contributed by atoms with Gasteiger partial charge in [-0.1, -0.05) is 101 Å². The first-order chi connectivity index (χ1) is 29.5. The van der Waals surface area contributed by atoms with E-state index in [1.165, 1.54) is 0 Å². The van der Waals surface area contributed by atoms with E-state index in [1.54, 1.807) is 0 Å². The molecular weight excluding hydrogens is 793 g/mol. The van der Waals surface area contributed by atoms with E-state index in [0.29, 0.717) is 25.6 Å². The second kappa shape index (κ2) is 23.5. The second-order valence-electron chi connectivity index (χ2n) is 20.6. The molecule has 62 heavy (non-hydrogen) atoms. The maximum Gasteiger partial charge on any atom is 0.184 e. The van der Waals surface area contributed by atoms with E-state index in [4.69, 9.17) is 47.4 Å². The number of rotatable bonds is 20. The van der Waals surface area contributed by atoms with Crippen molar-refractivity contribution in [2.75, 3.05) is 40.6 Å². The zero-order chi connectivity index (χ0) is 45.5. The molecule has 0 N–H and O–H groups in total. The molecular formula is C48H88N4O10. The molecule has 14 heteroatoms. The Morgan fingerprint density at radius 2 is 1.39 bits per heavy atom. The van der Waals surface area contributed by atoms with Gasteiger partial charge in [0.25, 0.3) is 0 Å². The van der Waals surface area contributed by atoms with Crippen LogP contribution in [0.15, 0.2) is 5.11 Å². The topological polar surface area (TPSA) is 144 Å². The largest absolute Gasteiger partial charge is 0.353 e. The standard InChI is InChI=1S/C48H88N4O10/c1-16-27(4)39-32(9)33(10)43(61-46-38(50-51-49)31(8)30(7)36(18-3)56-46)47(58-39)60-42-34(11)40(28(5)17-2)57-45(35(42)12)59-41-29(6)24-48(13,55-23-21-19-20-22-52(14)15)62-44(41)37-25-53-26-54-37/h27-47H,16-26H2,1-15H3/t27-,28-,29+,30-,31?,32-,33?,34+,35?,36?,37+,38+,39-,40?,41+,42-,43?,44?,45+,46+,47+,48-/m0/s1. The molecule has 5 aliphatic heterocycles. The highest BCUT2D eigenvalue weighted by molar-refractivity contribution is 4.97. The third-order valence-corrected chi connectivity index (χ3v) is 15.7. The molecule has 0 aliphatic carbocycles. The molecule has 0 saturated carbocycles. The Bertz CT molecular complexity index is 1390. The van der Waals surface area contributed by atoms with E-state index in [9.17, 15) is 5.53 Å². The Morgan fingerprint density at radius 3 is 2.00 bits per heavy atom. The maximum absolute atomic E-state index is 9.69. The van der Waals surface area contributed by atoms with Gasteiger partial charge in [-0.2, -0.15) is 0 Å². The van der Waals surface area contributed by atoms with Crippen molar-refractivity contribution in [3.05, 3.63) is 10.4 Å². The molecule has 0 amide bonds. The van der Waals surface area contributed by atoms with Crippen molar-refractivity contribution >= 4 is 0 Å². The highest BCUT2D eigenvalue weighted by Gasteiger charge is 2.55. The molecule has 5 fully saturated rings. The van der Waals surface area contributed by atoms with Crippen molar-refractivity contribution in [2.24, 2.45) is 58.4 Å². The monoisotopic (exact) mass is 881 g/mol. The summed E-state index contributed by atoms with van der Waals surface area (Å²) in [6.07, 6.45) is 2.60. The molecule has 0 aromatic rings. The van der Waals surface area contributed by atoms with Gasteiger partial charge in [-0.3, -0.25) is 0 Å². The Labute approximate surface area is 375 Å². The molecule has 0 aromatic heterocycles. The number of hydrogen-bond donors (Lipinski definition) is 0. The van der Waals surface area contributed by atoms with Gasteiger partial charge in [-0.05, 0) is 100 Å². The van der Waals surface area contributed by atoms with Crippen LogP contribution in [-0.4, -0.2) is 125 Å². The van der Waals surface area contributed by atoms with Crippen LogP contribution in [0.1, 0.15) is 135 Å². The summed E-state index contributed by atoms with van der Waals surface area (Å²) in [5.74, 6) is 0.210. The molecule has 7 unspecified atom stereocenters. The van der Waals surface area contributed by atoms with Crippen LogP contribution in [0, 0.1) is 53.3 Å². The van der Waals surface area contributed by atoms with Crippen LogP contribution < -0.4 is 0 Å². The fraction of sp³-hybridized carbons (Fsp3) is 1.00. The van der Waals surface area contributed by atoms with E-state index < -0.39 is 42.9 Å². The van der Waals surface area contributed by atoms with Gasteiger partial charge in [0.1, 0.15) is 25.1 Å². The lowest BCUT2D eigenvalue weighted by molar-refractivity contribution is -0.376. The summed E-state index contributed by atoms with van der Waals surface area (Å²) in [6, 6.07) is -0.482. The van der Waals surface area contributed by atoms with Crippen molar-refractivity contribution < 1.29 is 47.4 Å². The van der Waals surface area contributed by atoms with Crippen LogP contribution in [0.4, 0.5) is 0 Å². The van der Waals surface area contributed by atoms with Crippen LogP contribution in [0.5, 0.6) is 0 Å². The summed E-state index contributed by atoms with van der Waals surface area (Å²) < 4.78 is 67.9. The molecule has 22 atom stereocenters. The quantitative estimate of drug-likeness (QED) is 0.0499. The minimum Gasteiger partial charge on any atom is -0.353 e. The predicted octanol–water partition coefficient (Wildman–Crippen LogP) is 9.58. The summed E-state index contributed by atoms with van der Waals surface area (Å²) in [4.78, 5) is 5.47. The number of unbranched alkanes of at least 4 members (excludes halogenated alkanes) is 2. The zero-order valence-electron chi connectivity index (χ0n) is 41.3. The van der Waals surface area contributed by atoms with E-state index in [-0.39, 0.29) is 90.8 Å². The molecule has 0 aromatic carbocycles. The van der Waals surface area contributed by atoms with Crippen molar-refractivity contribution in [1.82, 2.24) is 4.90 Å². The normalized spacial score (nSPS) is 45.1. The Kier molecular flexibility index (Phi) is 19.7. The lowest BCUT2D eigenvalue weighted by Gasteiger charge is -2.53. The van der Waals surface area contributed by atoms with Crippen LogP contribution in [-0.2, 0) is 47.4 Å². The maximum atomic E-state index is 9.69. The summed E-state index contributed by atoms with van der Waals surface area (Å²) >= 11 is 0. The number of azide groups is 1. The highest BCUT2D eigenvalue weighted by Crippen LogP contribution is 2.46. The summed E-state index contributed by atoms with van der Waals surface area (Å²) in [7, 11) is 4.22. The van der Waals surface area contributed by atoms with Crippen molar-refractivity contribution in [1.29, 1.82) is 0 Å². The fourth-order valence-corrected chi connectivity index (χ4v) is 11.0. The minimum atomic E-state index is -0.782. The third kappa shape index (κ3) is 12.2. The van der Waals surface area contributed by atoms with Crippen LogP contribution in [0.2, 0.25) is 0 Å². The Morgan fingerprint density at radius 1 is 0.742 bits per heavy atom. The van der Waals surface area contributed by atoms with E-state index in [0.717, 1.165) is 45.1 Å². The van der Waals surface area contributed by atoms with Gasteiger partial charge in [-0.25, -0.2) is 0 Å². The Balaban J connectivity index is 1.41. The van der Waals surface area contributed by atoms with Crippen LogP contribution >= 0.6 is 0 Å². The first kappa shape index (κ1) is 51.8. The molecule has 0 spiro atoms.